The maximum atomic E-state index is 14.3. The minimum Gasteiger partial charge on any atom is -0.480 e. The summed E-state index contributed by atoms with van der Waals surface area (Å²) < 4.78 is 25.2. The van der Waals surface area contributed by atoms with Gasteiger partial charge in [-0.05, 0) is 43.3 Å². The Morgan fingerprint density at radius 1 is 1.15 bits per heavy atom. The number of carbonyl (C=O) groups excluding carboxylic acids is 1. The Hall–Kier alpha value is -3.99. The summed E-state index contributed by atoms with van der Waals surface area (Å²) in [6.07, 6.45) is 1.27. The van der Waals surface area contributed by atoms with Crippen molar-refractivity contribution in [3.8, 4) is 5.75 Å². The van der Waals surface area contributed by atoms with Crippen molar-refractivity contribution in [3.05, 3.63) is 48.4 Å². The van der Waals surface area contributed by atoms with Crippen LogP contribution >= 0.6 is 0 Å². The van der Waals surface area contributed by atoms with Crippen LogP contribution in [0.2, 0.25) is 0 Å². The first kappa shape index (κ1) is 20.9. The summed E-state index contributed by atoms with van der Waals surface area (Å²) in [4.78, 5) is 26.2. The number of carbonyl (C=O) groups is 1. The van der Waals surface area contributed by atoms with Crippen LogP contribution in [0.3, 0.4) is 0 Å². The van der Waals surface area contributed by atoms with E-state index in [9.17, 15) is 9.18 Å². The first-order chi connectivity index (χ1) is 16.0. The summed E-state index contributed by atoms with van der Waals surface area (Å²) in [5.74, 6) is 0.230. The molecule has 0 bridgehead atoms. The highest BCUT2D eigenvalue weighted by Gasteiger charge is 2.19. The quantitative estimate of drug-likeness (QED) is 0.539. The lowest BCUT2D eigenvalue weighted by molar-refractivity contribution is -0.118. The number of fused-ring (bicyclic) bond motifs is 1. The van der Waals surface area contributed by atoms with Crippen LogP contribution < -0.4 is 25.6 Å². The monoisotopic (exact) mass is 451 g/mol. The molecule has 4 heterocycles. The van der Waals surface area contributed by atoms with Gasteiger partial charge in [0, 0.05) is 24.5 Å². The summed E-state index contributed by atoms with van der Waals surface area (Å²) in [6, 6.07) is 11.1. The number of nitrogens with zero attached hydrogens (tertiary/aromatic N) is 4. The minimum atomic E-state index is -0.642. The van der Waals surface area contributed by atoms with E-state index in [1.54, 1.807) is 12.1 Å². The van der Waals surface area contributed by atoms with E-state index in [0.29, 0.717) is 18.2 Å². The Labute approximate surface area is 189 Å². The number of morpholine rings is 1. The number of aromatic nitrogens is 3. The topological polar surface area (TPSA) is 114 Å². The van der Waals surface area contributed by atoms with E-state index in [-0.39, 0.29) is 36.2 Å². The molecule has 10 nitrogen and oxygen atoms in total. The van der Waals surface area contributed by atoms with E-state index in [1.165, 1.54) is 0 Å². The fraction of sp³-hybridized carbons (Fsp3) is 0.273. The molecule has 0 spiro atoms. The summed E-state index contributed by atoms with van der Waals surface area (Å²) >= 11 is 0. The lowest BCUT2D eigenvalue weighted by atomic mass is 10.2. The second-order valence-corrected chi connectivity index (χ2v) is 7.69. The Kier molecular flexibility index (Phi) is 5.61. The molecule has 3 N–H and O–H groups in total. The molecule has 0 radical (unpaired) electrons. The standard InChI is InChI=1S/C22H22FN7O3/c1-13-11-30(8-9-32-13)15-4-2-14(3-5-15)25-22-24-10-16(23)20(29-22)26-18-7-6-17-21(27-18)28-19(31)12-33-17/h2-7,10,13H,8-9,11-12H2,1H3,(H3,24,25,26,27,28,29,31)/t13-/m0/s1. The molecule has 2 aliphatic heterocycles. The highest BCUT2D eigenvalue weighted by atomic mass is 19.1. The summed E-state index contributed by atoms with van der Waals surface area (Å²) in [5, 5.41) is 8.51. The van der Waals surface area contributed by atoms with Gasteiger partial charge in [-0.2, -0.15) is 4.98 Å². The van der Waals surface area contributed by atoms with Crippen molar-refractivity contribution in [2.45, 2.75) is 13.0 Å². The molecular weight excluding hydrogens is 429 g/mol. The van der Waals surface area contributed by atoms with E-state index in [4.69, 9.17) is 9.47 Å². The molecule has 5 rings (SSSR count). The van der Waals surface area contributed by atoms with Gasteiger partial charge in [0.05, 0.1) is 18.9 Å². The predicted octanol–water partition coefficient (Wildman–Crippen LogP) is 3.05. The SMILES string of the molecule is C[C@H]1CN(c2ccc(Nc3ncc(F)c(Nc4ccc5c(n4)NC(=O)CO5)n3)cc2)CCO1. The number of nitrogens with one attached hydrogen (secondary N) is 3. The molecular formula is C22H22FN7O3. The van der Waals surface area contributed by atoms with Crippen LogP contribution in [0.5, 0.6) is 5.75 Å². The van der Waals surface area contributed by atoms with E-state index in [0.717, 1.165) is 30.7 Å². The second kappa shape index (κ2) is 8.87. The van der Waals surface area contributed by atoms with Gasteiger partial charge in [-0.25, -0.2) is 14.4 Å². The summed E-state index contributed by atoms with van der Waals surface area (Å²) in [5.41, 5.74) is 1.87. The lowest BCUT2D eigenvalue weighted by Crippen LogP contribution is -2.41. The number of benzene rings is 1. The third-order valence-corrected chi connectivity index (χ3v) is 5.20. The largest absolute Gasteiger partial charge is 0.480 e. The molecule has 2 aliphatic rings. The molecule has 1 amide bonds. The molecule has 33 heavy (non-hydrogen) atoms. The molecule has 0 unspecified atom stereocenters. The maximum Gasteiger partial charge on any atom is 0.263 e. The fourth-order valence-corrected chi connectivity index (χ4v) is 3.61. The predicted molar refractivity (Wildman–Crippen MR) is 121 cm³/mol. The Morgan fingerprint density at radius 3 is 2.82 bits per heavy atom. The third-order valence-electron chi connectivity index (χ3n) is 5.20. The van der Waals surface area contributed by atoms with Crippen LogP contribution in [-0.2, 0) is 9.53 Å². The molecule has 1 saturated heterocycles. The van der Waals surface area contributed by atoms with Gasteiger partial charge in [-0.3, -0.25) is 4.79 Å². The van der Waals surface area contributed by atoms with E-state index in [1.807, 2.05) is 24.3 Å². The van der Waals surface area contributed by atoms with Crippen molar-refractivity contribution in [1.29, 1.82) is 0 Å². The van der Waals surface area contributed by atoms with Gasteiger partial charge < -0.3 is 30.3 Å². The van der Waals surface area contributed by atoms with E-state index in [2.05, 4.69) is 42.7 Å². The normalized spacial score (nSPS) is 17.6. The van der Waals surface area contributed by atoms with Crippen LogP contribution in [-0.4, -0.2) is 53.3 Å². The number of halogens is 1. The van der Waals surface area contributed by atoms with Crippen molar-refractivity contribution in [1.82, 2.24) is 15.0 Å². The average molecular weight is 451 g/mol. The van der Waals surface area contributed by atoms with Gasteiger partial charge in [0.15, 0.2) is 29.8 Å². The zero-order valence-electron chi connectivity index (χ0n) is 17.8. The van der Waals surface area contributed by atoms with Crippen LogP contribution in [0.25, 0.3) is 0 Å². The van der Waals surface area contributed by atoms with Crippen LogP contribution in [0, 0.1) is 5.82 Å². The van der Waals surface area contributed by atoms with Crippen LogP contribution in [0.15, 0.2) is 42.6 Å². The van der Waals surface area contributed by atoms with Crippen LogP contribution in [0.4, 0.5) is 39.2 Å². The summed E-state index contributed by atoms with van der Waals surface area (Å²) in [7, 11) is 0. The number of anilines is 6. The van der Waals surface area contributed by atoms with Gasteiger partial charge in [0.1, 0.15) is 5.82 Å². The number of rotatable bonds is 5. The number of pyridine rings is 1. The van der Waals surface area contributed by atoms with Crippen LogP contribution in [0.1, 0.15) is 6.92 Å². The first-order valence-electron chi connectivity index (χ1n) is 10.5. The molecule has 11 heteroatoms. The molecule has 170 valence electrons. The van der Waals surface area contributed by atoms with Crippen molar-refractivity contribution < 1.29 is 18.7 Å². The number of hydrogen-bond acceptors (Lipinski definition) is 9. The Bertz CT molecular complexity index is 1180. The average Bonchev–Trinajstić information content (AvgIpc) is 2.81. The molecule has 0 aliphatic carbocycles. The third kappa shape index (κ3) is 4.77. The van der Waals surface area contributed by atoms with Crippen molar-refractivity contribution in [3.63, 3.8) is 0 Å². The molecule has 1 atom stereocenters. The number of amides is 1. The zero-order chi connectivity index (χ0) is 22.8. The van der Waals surface area contributed by atoms with Crippen molar-refractivity contribution >= 4 is 40.7 Å². The highest BCUT2D eigenvalue weighted by molar-refractivity contribution is 5.94. The molecule has 0 saturated carbocycles. The maximum absolute atomic E-state index is 14.3. The minimum absolute atomic E-state index is 0.0538. The van der Waals surface area contributed by atoms with Gasteiger partial charge >= 0.3 is 0 Å². The molecule has 3 aromatic rings. The smallest absolute Gasteiger partial charge is 0.263 e. The lowest BCUT2D eigenvalue weighted by Gasteiger charge is -2.33. The fourth-order valence-electron chi connectivity index (χ4n) is 3.61. The number of hydrogen-bond donors (Lipinski definition) is 3. The van der Waals surface area contributed by atoms with Gasteiger partial charge in [0.25, 0.3) is 5.91 Å². The zero-order valence-corrected chi connectivity index (χ0v) is 17.8. The van der Waals surface area contributed by atoms with Gasteiger partial charge in [-0.15, -0.1) is 0 Å². The Balaban J connectivity index is 1.29. The van der Waals surface area contributed by atoms with Crippen molar-refractivity contribution in [2.24, 2.45) is 0 Å². The second-order valence-electron chi connectivity index (χ2n) is 7.69. The molecule has 1 fully saturated rings. The molecule has 1 aromatic carbocycles. The van der Waals surface area contributed by atoms with Gasteiger partial charge in [0.2, 0.25) is 5.95 Å². The first-order valence-corrected chi connectivity index (χ1v) is 10.5. The number of ether oxygens (including phenoxy) is 2. The Morgan fingerprint density at radius 2 is 2.00 bits per heavy atom. The van der Waals surface area contributed by atoms with E-state index >= 15 is 0 Å². The summed E-state index contributed by atoms with van der Waals surface area (Å²) in [6.45, 7) is 4.39. The van der Waals surface area contributed by atoms with Crippen molar-refractivity contribution in [2.75, 3.05) is 47.2 Å². The highest BCUT2D eigenvalue weighted by Crippen LogP contribution is 2.29. The van der Waals surface area contributed by atoms with E-state index < -0.39 is 5.82 Å². The van der Waals surface area contributed by atoms with Gasteiger partial charge in [-0.1, -0.05) is 0 Å². The molecule has 2 aromatic heterocycles.